The molecule has 1 atom stereocenters. The van der Waals surface area contributed by atoms with Crippen LogP contribution in [0, 0.1) is 0 Å². The van der Waals surface area contributed by atoms with Crippen molar-refractivity contribution in [1.82, 2.24) is 15.3 Å². The van der Waals surface area contributed by atoms with E-state index in [2.05, 4.69) is 27.1 Å². The number of hydrogen-bond acceptors (Lipinski definition) is 4. The van der Waals surface area contributed by atoms with E-state index in [-0.39, 0.29) is 0 Å². The topological polar surface area (TPSA) is 41.1 Å². The first-order chi connectivity index (χ1) is 7.31. The van der Waals surface area contributed by atoms with Gasteiger partial charge >= 0.3 is 0 Å². The molecule has 0 bridgehead atoms. The molecule has 1 saturated heterocycles. The van der Waals surface area contributed by atoms with Crippen molar-refractivity contribution in [3.05, 3.63) is 18.1 Å². The van der Waals surface area contributed by atoms with Gasteiger partial charge in [-0.15, -0.1) is 0 Å². The van der Waals surface area contributed by atoms with Crippen LogP contribution in [0.3, 0.4) is 0 Å². The predicted octanol–water partition coefficient (Wildman–Crippen LogP) is 1.18. The molecule has 0 aromatic carbocycles. The zero-order chi connectivity index (χ0) is 10.7. The van der Waals surface area contributed by atoms with Crippen molar-refractivity contribution in [2.75, 3.05) is 18.5 Å². The first-order valence-corrected chi connectivity index (χ1v) is 5.53. The van der Waals surface area contributed by atoms with Gasteiger partial charge in [-0.05, 0) is 26.8 Å². The maximum Gasteiger partial charge on any atom is 0.147 e. The lowest BCUT2D eigenvalue weighted by Gasteiger charge is -2.21. The smallest absolute Gasteiger partial charge is 0.147 e. The molecule has 82 valence electrons. The molecule has 0 saturated carbocycles. The zero-order valence-electron chi connectivity index (χ0n) is 9.40. The van der Waals surface area contributed by atoms with Gasteiger partial charge in [-0.1, -0.05) is 0 Å². The fourth-order valence-electron chi connectivity index (χ4n) is 2.04. The summed E-state index contributed by atoms with van der Waals surface area (Å²) in [5.74, 6) is 1.01. The Balaban J connectivity index is 2.09. The van der Waals surface area contributed by atoms with Crippen LogP contribution < -0.4 is 10.2 Å². The van der Waals surface area contributed by atoms with Crippen LogP contribution in [0.1, 0.15) is 25.5 Å². The molecule has 4 nitrogen and oxygen atoms in total. The first kappa shape index (κ1) is 10.4. The van der Waals surface area contributed by atoms with E-state index in [4.69, 9.17) is 0 Å². The van der Waals surface area contributed by atoms with Crippen LogP contribution in [-0.2, 0) is 6.54 Å². The Labute approximate surface area is 90.7 Å². The van der Waals surface area contributed by atoms with Gasteiger partial charge in [-0.25, -0.2) is 4.98 Å². The molecule has 1 unspecified atom stereocenters. The second kappa shape index (κ2) is 4.57. The molecule has 0 aliphatic carbocycles. The minimum absolute atomic E-state index is 0.606. The third kappa shape index (κ3) is 2.26. The van der Waals surface area contributed by atoms with E-state index in [1.165, 1.54) is 12.8 Å². The average molecular weight is 206 g/mol. The normalized spacial score (nSPS) is 20.9. The first-order valence-electron chi connectivity index (χ1n) is 5.53. The van der Waals surface area contributed by atoms with Gasteiger partial charge in [0.05, 0.1) is 18.1 Å². The van der Waals surface area contributed by atoms with E-state index >= 15 is 0 Å². The highest BCUT2D eigenvalue weighted by molar-refractivity contribution is 5.38. The molecule has 0 radical (unpaired) electrons. The van der Waals surface area contributed by atoms with Gasteiger partial charge in [0.25, 0.3) is 0 Å². The number of aromatic nitrogens is 2. The fourth-order valence-corrected chi connectivity index (χ4v) is 2.04. The Morgan fingerprint density at radius 3 is 2.87 bits per heavy atom. The highest BCUT2D eigenvalue weighted by Gasteiger charge is 2.21. The highest BCUT2D eigenvalue weighted by Crippen LogP contribution is 2.22. The summed E-state index contributed by atoms with van der Waals surface area (Å²) < 4.78 is 0. The van der Waals surface area contributed by atoms with E-state index in [0.29, 0.717) is 6.04 Å². The summed E-state index contributed by atoms with van der Waals surface area (Å²) in [5.41, 5.74) is 0.994. The lowest BCUT2D eigenvalue weighted by atomic mass is 10.2. The molecule has 1 N–H and O–H groups in total. The monoisotopic (exact) mass is 206 g/mol. The Morgan fingerprint density at radius 2 is 2.33 bits per heavy atom. The fraction of sp³-hybridized carbons (Fsp3) is 0.636. The van der Waals surface area contributed by atoms with E-state index in [1.54, 1.807) is 0 Å². The minimum Gasteiger partial charge on any atom is -0.353 e. The highest BCUT2D eigenvalue weighted by atomic mass is 15.2. The van der Waals surface area contributed by atoms with Gasteiger partial charge in [0.2, 0.25) is 0 Å². The molecule has 15 heavy (non-hydrogen) atoms. The summed E-state index contributed by atoms with van der Waals surface area (Å²) in [6, 6.07) is 0.606. The average Bonchev–Trinajstić information content (AvgIpc) is 2.66. The van der Waals surface area contributed by atoms with Gasteiger partial charge in [-0.3, -0.25) is 4.98 Å². The van der Waals surface area contributed by atoms with E-state index in [1.807, 2.05) is 19.4 Å². The number of rotatable bonds is 3. The van der Waals surface area contributed by atoms with E-state index in [9.17, 15) is 0 Å². The Bertz CT molecular complexity index is 309. The summed E-state index contributed by atoms with van der Waals surface area (Å²) in [6.45, 7) is 4.14. The standard InChI is InChI=1S/C11H18N4/c1-9-4-3-5-15(9)11-8-13-10(6-12-2)7-14-11/h7-9,12H,3-6H2,1-2H3. The van der Waals surface area contributed by atoms with Crippen LogP contribution in [0.15, 0.2) is 12.4 Å². The minimum atomic E-state index is 0.606. The second-order valence-corrected chi connectivity index (χ2v) is 4.08. The molecule has 1 fully saturated rings. The third-order valence-electron chi connectivity index (χ3n) is 2.90. The molecule has 0 spiro atoms. The van der Waals surface area contributed by atoms with Crippen molar-refractivity contribution >= 4 is 5.82 Å². The van der Waals surface area contributed by atoms with Gasteiger partial charge < -0.3 is 10.2 Å². The van der Waals surface area contributed by atoms with Crippen LogP contribution >= 0.6 is 0 Å². The lowest BCUT2D eigenvalue weighted by molar-refractivity contribution is 0.720. The lowest BCUT2D eigenvalue weighted by Crippen LogP contribution is -2.27. The Hall–Kier alpha value is -1.16. The largest absolute Gasteiger partial charge is 0.353 e. The molecule has 2 rings (SSSR count). The maximum absolute atomic E-state index is 4.45. The summed E-state index contributed by atoms with van der Waals surface area (Å²) in [6.07, 6.45) is 6.27. The van der Waals surface area contributed by atoms with Gasteiger partial charge in [0, 0.05) is 19.1 Å². The molecule has 1 aliphatic heterocycles. The molecule has 1 aliphatic rings. The van der Waals surface area contributed by atoms with Crippen LogP contribution in [-0.4, -0.2) is 29.6 Å². The second-order valence-electron chi connectivity index (χ2n) is 4.08. The molecule has 4 heteroatoms. The molecule has 0 amide bonds. The summed E-state index contributed by atoms with van der Waals surface area (Å²) in [4.78, 5) is 11.2. The molecular formula is C11H18N4. The van der Waals surface area contributed by atoms with Crippen molar-refractivity contribution in [3.63, 3.8) is 0 Å². The van der Waals surface area contributed by atoms with Crippen LogP contribution in [0.5, 0.6) is 0 Å². The maximum atomic E-state index is 4.45. The SMILES string of the molecule is CNCc1cnc(N2CCCC2C)cn1. The van der Waals surface area contributed by atoms with Gasteiger partial charge in [0.15, 0.2) is 0 Å². The van der Waals surface area contributed by atoms with Crippen molar-refractivity contribution in [2.45, 2.75) is 32.4 Å². The van der Waals surface area contributed by atoms with Gasteiger partial charge in [0.1, 0.15) is 5.82 Å². The van der Waals surface area contributed by atoms with Crippen LogP contribution in [0.2, 0.25) is 0 Å². The summed E-state index contributed by atoms with van der Waals surface area (Å²) in [7, 11) is 1.91. The Morgan fingerprint density at radius 1 is 1.47 bits per heavy atom. The molecule has 1 aromatic heterocycles. The Kier molecular flexibility index (Phi) is 3.16. The summed E-state index contributed by atoms with van der Waals surface area (Å²) in [5, 5.41) is 3.07. The molecular weight excluding hydrogens is 188 g/mol. The molecule has 2 heterocycles. The van der Waals surface area contributed by atoms with Crippen molar-refractivity contribution < 1.29 is 0 Å². The van der Waals surface area contributed by atoms with Gasteiger partial charge in [-0.2, -0.15) is 0 Å². The van der Waals surface area contributed by atoms with E-state index < -0.39 is 0 Å². The quantitative estimate of drug-likeness (QED) is 0.806. The zero-order valence-corrected chi connectivity index (χ0v) is 9.40. The number of nitrogens with one attached hydrogen (secondary N) is 1. The van der Waals surface area contributed by atoms with E-state index in [0.717, 1.165) is 24.6 Å². The van der Waals surface area contributed by atoms with Crippen molar-refractivity contribution in [3.8, 4) is 0 Å². The summed E-state index contributed by atoms with van der Waals surface area (Å²) >= 11 is 0. The van der Waals surface area contributed by atoms with Crippen LogP contribution in [0.4, 0.5) is 5.82 Å². The molecule has 1 aromatic rings. The predicted molar refractivity (Wildman–Crippen MR) is 60.8 cm³/mol. The third-order valence-corrected chi connectivity index (χ3v) is 2.90. The van der Waals surface area contributed by atoms with Crippen molar-refractivity contribution in [1.29, 1.82) is 0 Å². The number of nitrogens with zero attached hydrogens (tertiary/aromatic N) is 3. The number of anilines is 1. The van der Waals surface area contributed by atoms with Crippen molar-refractivity contribution in [2.24, 2.45) is 0 Å². The van der Waals surface area contributed by atoms with Crippen LogP contribution in [0.25, 0.3) is 0 Å². The number of hydrogen-bond donors (Lipinski definition) is 1.